The van der Waals surface area contributed by atoms with Crippen LogP contribution in [0.3, 0.4) is 0 Å². The molecule has 1 aliphatic heterocycles. The normalized spacial score (nSPS) is 22.4. The van der Waals surface area contributed by atoms with Gasteiger partial charge in [0, 0.05) is 7.05 Å². The van der Waals surface area contributed by atoms with Gasteiger partial charge in [-0.05, 0) is 37.0 Å². The molecule has 3 rings (SSSR count). The van der Waals surface area contributed by atoms with Crippen LogP contribution in [0.25, 0.3) is 0 Å². The highest BCUT2D eigenvalue weighted by Crippen LogP contribution is 2.36. The number of fused-ring (bicyclic) bond motifs is 1. The van der Waals surface area contributed by atoms with Crippen molar-refractivity contribution in [3.8, 4) is 0 Å². The minimum Gasteiger partial charge on any atom is -0.340 e. The van der Waals surface area contributed by atoms with Crippen LogP contribution in [0.1, 0.15) is 19.3 Å². The minimum atomic E-state index is 0.997. The molecule has 0 radical (unpaired) electrons. The molecule has 0 bridgehead atoms. The second kappa shape index (κ2) is 4.73. The Labute approximate surface area is 108 Å². The summed E-state index contributed by atoms with van der Waals surface area (Å²) in [4.78, 5) is 2.24. The van der Waals surface area contributed by atoms with Crippen molar-refractivity contribution in [2.75, 3.05) is 17.3 Å². The van der Waals surface area contributed by atoms with Gasteiger partial charge in [-0.25, -0.2) is 0 Å². The lowest BCUT2D eigenvalue weighted by molar-refractivity contribution is 1.01. The van der Waals surface area contributed by atoms with E-state index in [1.807, 2.05) is 0 Å². The van der Waals surface area contributed by atoms with Gasteiger partial charge in [0.05, 0.1) is 11.4 Å². The molecule has 0 fully saturated rings. The van der Waals surface area contributed by atoms with Crippen LogP contribution in [-0.4, -0.2) is 7.05 Å². The van der Waals surface area contributed by atoms with E-state index in [0.29, 0.717) is 0 Å². The Morgan fingerprint density at radius 3 is 2.78 bits per heavy atom. The van der Waals surface area contributed by atoms with Gasteiger partial charge < -0.3 is 10.2 Å². The Balaban J connectivity index is 1.98. The summed E-state index contributed by atoms with van der Waals surface area (Å²) in [5.41, 5.74) is 3.80. The first-order valence-corrected chi connectivity index (χ1v) is 6.51. The average Bonchev–Trinajstić information content (AvgIpc) is 2.67. The lowest BCUT2D eigenvalue weighted by Crippen LogP contribution is -2.16. The van der Waals surface area contributed by atoms with Gasteiger partial charge in [0.15, 0.2) is 0 Å². The molecule has 92 valence electrons. The first-order valence-electron chi connectivity index (χ1n) is 6.51. The second-order valence-corrected chi connectivity index (χ2v) is 4.73. The lowest BCUT2D eigenvalue weighted by Gasteiger charge is -2.16. The molecule has 0 saturated carbocycles. The summed E-state index contributed by atoms with van der Waals surface area (Å²) in [6.07, 6.45) is 12.3. The summed E-state index contributed by atoms with van der Waals surface area (Å²) in [5.74, 6) is 1.21. The van der Waals surface area contributed by atoms with Crippen LogP contribution in [0.4, 0.5) is 11.4 Å². The van der Waals surface area contributed by atoms with Crippen LogP contribution in [0.5, 0.6) is 0 Å². The van der Waals surface area contributed by atoms with E-state index < -0.39 is 0 Å². The predicted octanol–water partition coefficient (Wildman–Crippen LogP) is 4.06. The standard InChI is InChI=1S/C16H18N2/c1-18-15-12-8-7-11-14(15)17-16(18)13-9-5-3-2-4-6-10-13/h3,5-8,10-12,17H,2,4,9H2,1H3. The van der Waals surface area contributed by atoms with Crippen LogP contribution in [0.15, 0.2) is 60.0 Å². The molecular weight excluding hydrogens is 220 g/mol. The minimum absolute atomic E-state index is 0.997. The van der Waals surface area contributed by atoms with E-state index in [2.05, 4.69) is 65.8 Å². The van der Waals surface area contributed by atoms with E-state index in [-0.39, 0.29) is 0 Å². The SMILES string of the molecule is CN1C(=C2C=CCCC=CC2)Nc2ccccc21. The summed E-state index contributed by atoms with van der Waals surface area (Å²) in [6, 6.07) is 8.43. The molecular formula is C16H18N2. The third kappa shape index (κ3) is 1.94. The molecule has 1 N–H and O–H groups in total. The van der Waals surface area contributed by atoms with Gasteiger partial charge in [0.1, 0.15) is 5.82 Å². The van der Waals surface area contributed by atoms with Gasteiger partial charge in [-0.2, -0.15) is 0 Å². The molecule has 2 heteroatoms. The molecule has 0 unspecified atom stereocenters. The molecule has 1 aromatic carbocycles. The van der Waals surface area contributed by atoms with Crippen molar-refractivity contribution in [2.24, 2.45) is 0 Å². The van der Waals surface area contributed by atoms with Crippen molar-refractivity contribution < 1.29 is 0 Å². The molecule has 0 spiro atoms. The molecule has 1 aliphatic carbocycles. The fourth-order valence-corrected chi connectivity index (χ4v) is 2.49. The number of hydrogen-bond acceptors (Lipinski definition) is 2. The highest BCUT2D eigenvalue weighted by atomic mass is 15.3. The zero-order chi connectivity index (χ0) is 12.4. The molecule has 2 nitrogen and oxygen atoms in total. The third-order valence-corrected chi connectivity index (χ3v) is 3.48. The number of hydrogen-bond donors (Lipinski definition) is 1. The number of nitrogens with one attached hydrogen (secondary N) is 1. The van der Waals surface area contributed by atoms with E-state index in [4.69, 9.17) is 0 Å². The summed E-state index contributed by atoms with van der Waals surface area (Å²) in [6.45, 7) is 0. The highest BCUT2D eigenvalue weighted by molar-refractivity contribution is 5.81. The molecule has 0 saturated heterocycles. The smallest absolute Gasteiger partial charge is 0.114 e. The number of allylic oxidation sites excluding steroid dienone is 5. The first kappa shape index (κ1) is 11.1. The van der Waals surface area contributed by atoms with Crippen molar-refractivity contribution in [3.05, 3.63) is 60.0 Å². The van der Waals surface area contributed by atoms with Gasteiger partial charge in [0.2, 0.25) is 0 Å². The van der Waals surface area contributed by atoms with E-state index in [0.717, 1.165) is 19.3 Å². The molecule has 0 atom stereocenters. The zero-order valence-corrected chi connectivity index (χ0v) is 10.7. The van der Waals surface area contributed by atoms with Crippen molar-refractivity contribution in [1.29, 1.82) is 0 Å². The number of nitrogens with zero attached hydrogens (tertiary/aromatic N) is 1. The second-order valence-electron chi connectivity index (χ2n) is 4.73. The maximum Gasteiger partial charge on any atom is 0.114 e. The third-order valence-electron chi connectivity index (χ3n) is 3.48. The number of para-hydroxylation sites is 2. The quantitative estimate of drug-likeness (QED) is 0.686. The zero-order valence-electron chi connectivity index (χ0n) is 10.7. The average molecular weight is 238 g/mol. The number of anilines is 2. The maximum atomic E-state index is 3.52. The molecule has 0 aromatic heterocycles. The molecule has 1 heterocycles. The van der Waals surface area contributed by atoms with Crippen molar-refractivity contribution in [3.63, 3.8) is 0 Å². The highest BCUT2D eigenvalue weighted by Gasteiger charge is 2.21. The number of rotatable bonds is 0. The summed E-state index contributed by atoms with van der Waals surface area (Å²) in [7, 11) is 2.12. The van der Waals surface area contributed by atoms with Gasteiger partial charge in [-0.15, -0.1) is 0 Å². The van der Waals surface area contributed by atoms with E-state index >= 15 is 0 Å². The van der Waals surface area contributed by atoms with Crippen LogP contribution >= 0.6 is 0 Å². The summed E-state index contributed by atoms with van der Waals surface area (Å²) in [5, 5.41) is 3.52. The van der Waals surface area contributed by atoms with Gasteiger partial charge in [0.25, 0.3) is 0 Å². The maximum absolute atomic E-state index is 3.52. The summed E-state index contributed by atoms with van der Waals surface area (Å²) >= 11 is 0. The van der Waals surface area contributed by atoms with E-state index in [1.54, 1.807) is 0 Å². The topological polar surface area (TPSA) is 15.3 Å². The number of benzene rings is 1. The van der Waals surface area contributed by atoms with Crippen LogP contribution in [-0.2, 0) is 0 Å². The summed E-state index contributed by atoms with van der Waals surface area (Å²) < 4.78 is 0. The molecule has 2 aliphatic rings. The van der Waals surface area contributed by atoms with Crippen LogP contribution < -0.4 is 10.2 Å². The Kier molecular flexibility index (Phi) is 2.93. The fourth-order valence-electron chi connectivity index (χ4n) is 2.49. The Bertz CT molecular complexity index is 538. The van der Waals surface area contributed by atoms with Crippen molar-refractivity contribution >= 4 is 11.4 Å². The molecule has 0 amide bonds. The van der Waals surface area contributed by atoms with Crippen LogP contribution in [0, 0.1) is 0 Å². The van der Waals surface area contributed by atoms with Crippen LogP contribution in [0.2, 0.25) is 0 Å². The van der Waals surface area contributed by atoms with Gasteiger partial charge in [-0.1, -0.05) is 36.4 Å². The Morgan fingerprint density at radius 2 is 1.89 bits per heavy atom. The Morgan fingerprint density at radius 1 is 1.06 bits per heavy atom. The lowest BCUT2D eigenvalue weighted by atomic mass is 10.1. The largest absolute Gasteiger partial charge is 0.340 e. The fraction of sp³-hybridized carbons (Fsp3) is 0.250. The van der Waals surface area contributed by atoms with E-state index in [9.17, 15) is 0 Å². The van der Waals surface area contributed by atoms with Crippen molar-refractivity contribution in [2.45, 2.75) is 19.3 Å². The Hall–Kier alpha value is -1.96. The van der Waals surface area contributed by atoms with Crippen molar-refractivity contribution in [1.82, 2.24) is 0 Å². The predicted molar refractivity (Wildman–Crippen MR) is 77.6 cm³/mol. The van der Waals surface area contributed by atoms with Gasteiger partial charge >= 0.3 is 0 Å². The first-order chi connectivity index (χ1) is 8.86. The van der Waals surface area contributed by atoms with Gasteiger partial charge in [-0.3, -0.25) is 0 Å². The van der Waals surface area contributed by atoms with E-state index in [1.165, 1.54) is 22.8 Å². The molecule has 1 aromatic rings. The monoisotopic (exact) mass is 238 g/mol. The molecule has 18 heavy (non-hydrogen) atoms.